The van der Waals surface area contributed by atoms with Crippen molar-refractivity contribution in [3.63, 3.8) is 0 Å². The fraction of sp³-hybridized carbons (Fsp3) is 0.216. The zero-order valence-corrected chi connectivity index (χ0v) is 26.1. The molecule has 7 heteroatoms. The van der Waals surface area contributed by atoms with Crippen LogP contribution in [0.5, 0.6) is 0 Å². The molecule has 1 aromatic heterocycles. The maximum Gasteiger partial charge on any atom is 0.252 e. The second-order valence-electron chi connectivity index (χ2n) is 11.2. The Bertz CT molecular complexity index is 1600. The molecule has 222 valence electrons. The normalized spacial score (nSPS) is 13.6. The van der Waals surface area contributed by atoms with Gasteiger partial charge in [0.15, 0.2) is 5.16 Å². The minimum Gasteiger partial charge on any atom is -0.356 e. The van der Waals surface area contributed by atoms with Gasteiger partial charge in [-0.25, -0.2) is 9.97 Å². The van der Waals surface area contributed by atoms with E-state index in [1.807, 2.05) is 91.0 Å². The number of nitrogens with one attached hydrogen (secondary N) is 1. The summed E-state index contributed by atoms with van der Waals surface area (Å²) in [5, 5.41) is 4.34. The number of hydrogen-bond acceptors (Lipinski definition) is 5. The Balaban J connectivity index is 1.05. The molecule has 6 rings (SSSR count). The number of hydrogen-bond donors (Lipinski definition) is 1. The van der Waals surface area contributed by atoms with E-state index in [0.717, 1.165) is 54.9 Å². The number of anilines is 1. The molecule has 1 fully saturated rings. The van der Waals surface area contributed by atoms with Crippen molar-refractivity contribution in [3.8, 4) is 0 Å². The van der Waals surface area contributed by atoms with Crippen molar-refractivity contribution >= 4 is 35.1 Å². The first-order chi connectivity index (χ1) is 21.6. The van der Waals surface area contributed by atoms with Gasteiger partial charge >= 0.3 is 0 Å². The number of thioether (sulfide) groups is 1. The van der Waals surface area contributed by atoms with Crippen molar-refractivity contribution in [2.45, 2.75) is 36.2 Å². The molecule has 0 spiro atoms. The van der Waals surface area contributed by atoms with Gasteiger partial charge in [-0.2, -0.15) is 0 Å². The number of halogens is 1. The molecule has 4 aromatic carbocycles. The Morgan fingerprint density at radius 3 is 2.00 bits per heavy atom. The molecular weight excluding hydrogens is 584 g/mol. The van der Waals surface area contributed by atoms with Gasteiger partial charge < -0.3 is 10.2 Å². The number of aromatic nitrogens is 2. The molecule has 5 aromatic rings. The predicted molar refractivity (Wildman–Crippen MR) is 180 cm³/mol. The summed E-state index contributed by atoms with van der Waals surface area (Å²) in [4.78, 5) is 24.9. The van der Waals surface area contributed by atoms with Crippen molar-refractivity contribution in [3.05, 3.63) is 154 Å². The second-order valence-corrected chi connectivity index (χ2v) is 12.5. The van der Waals surface area contributed by atoms with Crippen LogP contribution in [-0.4, -0.2) is 29.0 Å². The van der Waals surface area contributed by atoms with E-state index < -0.39 is 0 Å². The maximum atomic E-state index is 13.3. The highest BCUT2D eigenvalue weighted by molar-refractivity contribution is 7.98. The van der Waals surface area contributed by atoms with Gasteiger partial charge in [0.1, 0.15) is 11.0 Å². The van der Waals surface area contributed by atoms with E-state index >= 15 is 0 Å². The highest BCUT2D eigenvalue weighted by atomic mass is 35.5. The summed E-state index contributed by atoms with van der Waals surface area (Å²) < 4.78 is 0. The summed E-state index contributed by atoms with van der Waals surface area (Å²) in [7, 11) is 0. The largest absolute Gasteiger partial charge is 0.356 e. The molecule has 1 saturated heterocycles. The van der Waals surface area contributed by atoms with E-state index in [1.54, 1.807) is 11.8 Å². The Morgan fingerprint density at radius 1 is 0.795 bits per heavy atom. The summed E-state index contributed by atoms with van der Waals surface area (Å²) in [6.45, 7) is 1.93. The van der Waals surface area contributed by atoms with Crippen LogP contribution in [0.4, 0.5) is 5.82 Å². The predicted octanol–water partition coefficient (Wildman–Crippen LogP) is 8.40. The number of rotatable bonds is 10. The Labute approximate surface area is 268 Å². The lowest BCUT2D eigenvalue weighted by Gasteiger charge is -2.33. The fourth-order valence-electron chi connectivity index (χ4n) is 5.69. The van der Waals surface area contributed by atoms with Crippen LogP contribution in [-0.2, 0) is 12.2 Å². The number of amides is 1. The summed E-state index contributed by atoms with van der Waals surface area (Å²) >= 11 is 7.99. The quantitative estimate of drug-likeness (QED) is 0.0967. The van der Waals surface area contributed by atoms with Crippen LogP contribution in [0.1, 0.15) is 51.5 Å². The minimum atomic E-state index is -0.232. The first-order valence-corrected chi connectivity index (χ1v) is 16.4. The number of nitrogens with zero attached hydrogens (tertiary/aromatic N) is 3. The van der Waals surface area contributed by atoms with Gasteiger partial charge in [0.2, 0.25) is 0 Å². The van der Waals surface area contributed by atoms with Gasteiger partial charge in [0.05, 0.1) is 6.04 Å². The maximum absolute atomic E-state index is 13.3. The van der Waals surface area contributed by atoms with Crippen molar-refractivity contribution in [1.82, 2.24) is 15.3 Å². The molecule has 44 heavy (non-hydrogen) atoms. The van der Waals surface area contributed by atoms with E-state index in [2.05, 4.69) is 45.5 Å². The van der Waals surface area contributed by atoms with Crippen LogP contribution in [0.3, 0.4) is 0 Å². The van der Waals surface area contributed by atoms with Gasteiger partial charge in [0, 0.05) is 30.5 Å². The topological polar surface area (TPSA) is 58.1 Å². The molecule has 2 heterocycles. The smallest absolute Gasteiger partial charge is 0.252 e. The van der Waals surface area contributed by atoms with Crippen LogP contribution >= 0.6 is 23.4 Å². The monoisotopic (exact) mass is 618 g/mol. The third kappa shape index (κ3) is 7.87. The molecule has 0 bridgehead atoms. The van der Waals surface area contributed by atoms with Crippen molar-refractivity contribution in [2.75, 3.05) is 18.0 Å². The molecule has 1 amide bonds. The lowest BCUT2D eigenvalue weighted by molar-refractivity contribution is 0.0943. The second kappa shape index (κ2) is 14.6. The summed E-state index contributed by atoms with van der Waals surface area (Å²) in [5.41, 5.74) is 5.19. The SMILES string of the molecule is O=C(NC(c1ccccc1)c1ccccc1)c1ccc(CSc2nc(Cl)cc(N3CCC(Cc4ccccc4)CC3)n2)cc1. The third-order valence-corrected chi connectivity index (χ3v) is 9.20. The van der Waals surface area contributed by atoms with E-state index in [0.29, 0.717) is 27.5 Å². The number of carbonyl (C=O) groups is 1. The van der Waals surface area contributed by atoms with E-state index in [1.165, 1.54) is 5.56 Å². The number of piperidine rings is 1. The van der Waals surface area contributed by atoms with E-state index in [9.17, 15) is 4.79 Å². The van der Waals surface area contributed by atoms with Crippen LogP contribution < -0.4 is 10.2 Å². The zero-order valence-electron chi connectivity index (χ0n) is 24.5. The molecule has 0 saturated carbocycles. The lowest BCUT2D eigenvalue weighted by atomic mass is 9.90. The van der Waals surface area contributed by atoms with Crippen LogP contribution in [0.2, 0.25) is 5.15 Å². The van der Waals surface area contributed by atoms with Crippen LogP contribution in [0.15, 0.2) is 126 Å². The number of carbonyl (C=O) groups excluding carboxylic acids is 1. The highest BCUT2D eigenvalue weighted by Gasteiger charge is 2.22. The molecule has 0 aliphatic carbocycles. The molecule has 1 N–H and O–H groups in total. The van der Waals surface area contributed by atoms with Gasteiger partial charge in [-0.15, -0.1) is 0 Å². The Hall–Kier alpha value is -4.13. The molecule has 0 unspecified atom stereocenters. The first-order valence-electron chi connectivity index (χ1n) is 15.1. The van der Waals surface area contributed by atoms with E-state index in [4.69, 9.17) is 16.6 Å². The van der Waals surface area contributed by atoms with Gasteiger partial charge in [-0.3, -0.25) is 4.79 Å². The molecule has 1 aliphatic heterocycles. The number of benzene rings is 4. The molecule has 5 nitrogen and oxygen atoms in total. The highest BCUT2D eigenvalue weighted by Crippen LogP contribution is 2.29. The van der Waals surface area contributed by atoms with Crippen molar-refractivity contribution in [1.29, 1.82) is 0 Å². The fourth-order valence-corrected chi connectivity index (χ4v) is 6.73. The molecule has 1 aliphatic rings. The minimum absolute atomic E-state index is 0.114. The Kier molecular flexibility index (Phi) is 9.90. The van der Waals surface area contributed by atoms with Crippen molar-refractivity contribution in [2.24, 2.45) is 5.92 Å². The standard InChI is InChI=1S/C37H35ClN4OS/c38-33-25-34(42-22-20-28(21-23-42)24-27-10-4-1-5-11-27)40-37(39-33)44-26-29-16-18-32(19-17-29)36(43)41-35(30-12-6-2-7-13-30)31-14-8-3-9-15-31/h1-19,25,28,35H,20-24,26H2,(H,41,43). The summed E-state index contributed by atoms with van der Waals surface area (Å²) in [5.74, 6) is 2.14. The van der Waals surface area contributed by atoms with Crippen molar-refractivity contribution < 1.29 is 4.79 Å². The third-order valence-electron chi connectivity index (χ3n) is 8.09. The lowest BCUT2D eigenvalue weighted by Crippen LogP contribution is -2.35. The molecule has 0 radical (unpaired) electrons. The van der Waals surface area contributed by atoms with Gasteiger partial charge in [0.25, 0.3) is 5.91 Å². The van der Waals surface area contributed by atoms with Gasteiger partial charge in [-0.05, 0) is 59.6 Å². The average Bonchev–Trinajstić information content (AvgIpc) is 3.08. The van der Waals surface area contributed by atoms with Crippen LogP contribution in [0.25, 0.3) is 0 Å². The average molecular weight is 619 g/mol. The van der Waals surface area contributed by atoms with Gasteiger partial charge in [-0.1, -0.05) is 126 Å². The Morgan fingerprint density at radius 2 is 1.39 bits per heavy atom. The zero-order chi connectivity index (χ0) is 30.1. The molecule has 0 atom stereocenters. The molecular formula is C37H35ClN4OS. The first kappa shape index (κ1) is 29.9. The summed E-state index contributed by atoms with van der Waals surface area (Å²) in [6, 6.07) is 40.2. The summed E-state index contributed by atoms with van der Waals surface area (Å²) in [6.07, 6.45) is 3.40. The van der Waals surface area contributed by atoms with E-state index in [-0.39, 0.29) is 11.9 Å². The van der Waals surface area contributed by atoms with Crippen LogP contribution in [0, 0.1) is 5.92 Å².